The molecular formula is C14H17N3O3S. The number of carboxylic acids is 1. The van der Waals surface area contributed by atoms with Gasteiger partial charge in [0.25, 0.3) is 0 Å². The highest BCUT2D eigenvalue weighted by atomic mass is 32.2. The maximum atomic E-state index is 12.5. The van der Waals surface area contributed by atoms with Crippen molar-refractivity contribution in [2.75, 3.05) is 11.1 Å². The molecule has 1 saturated heterocycles. The molecule has 2 heterocycles. The average molecular weight is 307 g/mol. The molecule has 7 heteroatoms. The molecule has 0 spiro atoms. The molecule has 1 aromatic rings. The Kier molecular flexibility index (Phi) is 3.75. The summed E-state index contributed by atoms with van der Waals surface area (Å²) in [6, 6.07) is 2.41. The van der Waals surface area contributed by atoms with Crippen LogP contribution in [0.15, 0.2) is 18.3 Å². The quantitative estimate of drug-likeness (QED) is 0.894. The standard InChI is InChI=1S/C14H17N3O3S/c1-8-10(3-2-6-15-8)16-14(20)17-11(13(18)19)7-21-12(17)9-4-5-9/h2-3,6,9,11-12H,4-5,7H2,1H3,(H,16,20)(H,18,19). The molecule has 2 amide bonds. The van der Waals surface area contributed by atoms with Crippen molar-refractivity contribution in [1.82, 2.24) is 9.88 Å². The number of carboxylic acid groups (broad SMARTS) is 1. The number of hydrogen-bond donors (Lipinski definition) is 2. The summed E-state index contributed by atoms with van der Waals surface area (Å²) in [5.41, 5.74) is 1.34. The van der Waals surface area contributed by atoms with Crippen molar-refractivity contribution >= 4 is 29.4 Å². The molecule has 112 valence electrons. The largest absolute Gasteiger partial charge is 0.480 e. The van der Waals surface area contributed by atoms with Crippen LogP contribution in [0.3, 0.4) is 0 Å². The van der Waals surface area contributed by atoms with Crippen molar-refractivity contribution in [2.24, 2.45) is 5.92 Å². The Morgan fingerprint density at radius 2 is 2.24 bits per heavy atom. The van der Waals surface area contributed by atoms with Crippen LogP contribution in [0.2, 0.25) is 0 Å². The minimum atomic E-state index is -0.941. The number of hydrogen-bond acceptors (Lipinski definition) is 4. The van der Waals surface area contributed by atoms with Crippen LogP contribution >= 0.6 is 11.8 Å². The van der Waals surface area contributed by atoms with E-state index in [-0.39, 0.29) is 11.4 Å². The van der Waals surface area contributed by atoms with Crippen LogP contribution in [0, 0.1) is 12.8 Å². The molecule has 2 aliphatic rings. The first-order valence-electron chi connectivity index (χ1n) is 6.93. The van der Waals surface area contributed by atoms with Crippen LogP contribution in [0.25, 0.3) is 0 Å². The van der Waals surface area contributed by atoms with E-state index in [0.29, 0.717) is 23.1 Å². The van der Waals surface area contributed by atoms with Crippen LogP contribution in [0.5, 0.6) is 0 Å². The lowest BCUT2D eigenvalue weighted by Gasteiger charge is -2.27. The van der Waals surface area contributed by atoms with Gasteiger partial charge in [-0.3, -0.25) is 9.88 Å². The number of rotatable bonds is 3. The predicted molar refractivity (Wildman–Crippen MR) is 80.2 cm³/mol. The second-order valence-corrected chi connectivity index (χ2v) is 6.54. The summed E-state index contributed by atoms with van der Waals surface area (Å²) >= 11 is 1.57. The van der Waals surface area contributed by atoms with E-state index in [0.717, 1.165) is 12.8 Å². The van der Waals surface area contributed by atoms with E-state index in [9.17, 15) is 14.7 Å². The minimum Gasteiger partial charge on any atom is -0.480 e. The second kappa shape index (κ2) is 5.55. The van der Waals surface area contributed by atoms with Crippen LogP contribution in [-0.4, -0.2) is 44.2 Å². The van der Waals surface area contributed by atoms with Gasteiger partial charge in [0.2, 0.25) is 0 Å². The maximum absolute atomic E-state index is 12.5. The lowest BCUT2D eigenvalue weighted by atomic mass is 10.2. The van der Waals surface area contributed by atoms with E-state index < -0.39 is 12.0 Å². The summed E-state index contributed by atoms with van der Waals surface area (Å²) in [5.74, 6) is -0.0561. The van der Waals surface area contributed by atoms with Gasteiger partial charge >= 0.3 is 12.0 Å². The van der Waals surface area contributed by atoms with Crippen molar-refractivity contribution in [1.29, 1.82) is 0 Å². The minimum absolute atomic E-state index is 0.0249. The van der Waals surface area contributed by atoms with E-state index in [1.807, 2.05) is 0 Å². The third-order valence-corrected chi connectivity index (χ3v) is 5.29. The number of aliphatic carboxylic acids is 1. The molecule has 0 aromatic carbocycles. The van der Waals surface area contributed by atoms with Crippen LogP contribution in [0.1, 0.15) is 18.5 Å². The molecule has 21 heavy (non-hydrogen) atoms. The number of nitrogens with one attached hydrogen (secondary N) is 1. The van der Waals surface area contributed by atoms with Gasteiger partial charge in [-0.05, 0) is 37.8 Å². The highest BCUT2D eigenvalue weighted by molar-refractivity contribution is 8.00. The zero-order valence-corrected chi connectivity index (χ0v) is 12.5. The highest BCUT2D eigenvalue weighted by Crippen LogP contribution is 2.45. The van der Waals surface area contributed by atoms with Gasteiger partial charge in [0.1, 0.15) is 6.04 Å². The number of pyridine rings is 1. The van der Waals surface area contributed by atoms with Gasteiger partial charge in [-0.2, -0.15) is 0 Å². The van der Waals surface area contributed by atoms with E-state index in [4.69, 9.17) is 0 Å². The summed E-state index contributed by atoms with van der Waals surface area (Å²) in [6.07, 6.45) is 3.79. The molecule has 1 aliphatic heterocycles. The predicted octanol–water partition coefficient (Wildman–Crippen LogP) is 2.16. The van der Waals surface area contributed by atoms with Gasteiger partial charge in [0.15, 0.2) is 0 Å². The Morgan fingerprint density at radius 1 is 1.48 bits per heavy atom. The van der Waals surface area contributed by atoms with Crippen molar-refractivity contribution in [3.8, 4) is 0 Å². The summed E-state index contributed by atoms with van der Waals surface area (Å²) in [5, 5.41) is 12.1. The Balaban J connectivity index is 1.79. The van der Waals surface area contributed by atoms with Gasteiger partial charge < -0.3 is 10.4 Å². The summed E-state index contributed by atoms with van der Waals surface area (Å²) in [7, 11) is 0. The number of anilines is 1. The number of aryl methyl sites for hydroxylation is 1. The normalized spacial score (nSPS) is 24.9. The second-order valence-electron chi connectivity index (χ2n) is 5.39. The van der Waals surface area contributed by atoms with Gasteiger partial charge in [0.05, 0.1) is 16.8 Å². The number of thioether (sulfide) groups is 1. The third-order valence-electron chi connectivity index (χ3n) is 3.83. The zero-order valence-electron chi connectivity index (χ0n) is 11.7. The monoisotopic (exact) mass is 307 g/mol. The van der Waals surface area contributed by atoms with Gasteiger partial charge in [-0.25, -0.2) is 9.59 Å². The smallest absolute Gasteiger partial charge is 0.327 e. The van der Waals surface area contributed by atoms with Crippen LogP contribution < -0.4 is 5.32 Å². The van der Waals surface area contributed by atoms with Crippen LogP contribution in [-0.2, 0) is 4.79 Å². The summed E-state index contributed by atoms with van der Waals surface area (Å²) in [6.45, 7) is 1.81. The molecular weight excluding hydrogens is 290 g/mol. The van der Waals surface area contributed by atoms with E-state index >= 15 is 0 Å². The van der Waals surface area contributed by atoms with Gasteiger partial charge in [-0.1, -0.05) is 0 Å². The van der Waals surface area contributed by atoms with Crippen molar-refractivity contribution in [3.63, 3.8) is 0 Å². The number of nitrogens with zero attached hydrogens (tertiary/aromatic N) is 2. The fourth-order valence-electron chi connectivity index (χ4n) is 2.52. The molecule has 2 atom stereocenters. The Hall–Kier alpha value is -1.76. The average Bonchev–Trinajstić information content (AvgIpc) is 3.19. The van der Waals surface area contributed by atoms with E-state index in [1.54, 1.807) is 37.0 Å². The fourth-order valence-corrected chi connectivity index (χ4v) is 4.15. The van der Waals surface area contributed by atoms with Gasteiger partial charge in [-0.15, -0.1) is 11.8 Å². The lowest BCUT2D eigenvalue weighted by Crippen LogP contribution is -2.48. The maximum Gasteiger partial charge on any atom is 0.327 e. The lowest BCUT2D eigenvalue weighted by molar-refractivity contribution is -0.141. The highest BCUT2D eigenvalue weighted by Gasteiger charge is 2.48. The number of carbonyl (C=O) groups is 2. The molecule has 0 bridgehead atoms. The topological polar surface area (TPSA) is 82.5 Å². The molecule has 1 aliphatic carbocycles. The molecule has 0 radical (unpaired) electrons. The van der Waals surface area contributed by atoms with Crippen molar-refractivity contribution in [3.05, 3.63) is 24.0 Å². The number of amides is 2. The summed E-state index contributed by atoms with van der Waals surface area (Å²) < 4.78 is 0. The Bertz CT molecular complexity index is 576. The molecule has 2 N–H and O–H groups in total. The van der Waals surface area contributed by atoms with Crippen molar-refractivity contribution < 1.29 is 14.7 Å². The molecule has 3 rings (SSSR count). The molecule has 2 fully saturated rings. The Morgan fingerprint density at radius 3 is 2.86 bits per heavy atom. The summed E-state index contributed by atoms with van der Waals surface area (Å²) in [4.78, 5) is 29.5. The molecule has 6 nitrogen and oxygen atoms in total. The first-order chi connectivity index (χ1) is 10.1. The van der Waals surface area contributed by atoms with Gasteiger partial charge in [0, 0.05) is 11.9 Å². The third kappa shape index (κ3) is 2.83. The molecule has 1 saturated carbocycles. The Labute approximate surface area is 126 Å². The number of aromatic nitrogens is 1. The van der Waals surface area contributed by atoms with E-state index in [2.05, 4.69) is 10.3 Å². The molecule has 1 aromatic heterocycles. The van der Waals surface area contributed by atoms with Crippen molar-refractivity contribution in [2.45, 2.75) is 31.2 Å². The fraction of sp³-hybridized carbons (Fsp3) is 0.500. The number of carbonyl (C=O) groups excluding carboxylic acids is 1. The zero-order chi connectivity index (χ0) is 15.0. The van der Waals surface area contributed by atoms with E-state index in [1.165, 1.54) is 4.90 Å². The van der Waals surface area contributed by atoms with Crippen LogP contribution in [0.4, 0.5) is 10.5 Å². The number of urea groups is 1. The SMILES string of the molecule is Cc1ncccc1NC(=O)N1C(C(=O)O)CSC1C1CC1. The molecule has 2 unspecified atom stereocenters. The first kappa shape index (κ1) is 14.2. The first-order valence-corrected chi connectivity index (χ1v) is 7.98.